The summed E-state index contributed by atoms with van der Waals surface area (Å²) < 4.78 is 26.6. The first-order valence-corrected chi connectivity index (χ1v) is 13.4. The lowest BCUT2D eigenvalue weighted by molar-refractivity contribution is -0.121. The van der Waals surface area contributed by atoms with Crippen LogP contribution in [0, 0.1) is 5.82 Å². The Balaban J connectivity index is 1.58. The Morgan fingerprint density at radius 1 is 1.12 bits per heavy atom. The van der Waals surface area contributed by atoms with Crippen LogP contribution in [0.2, 0.25) is 0 Å². The van der Waals surface area contributed by atoms with Gasteiger partial charge in [-0.1, -0.05) is 35.6 Å². The van der Waals surface area contributed by atoms with Crippen molar-refractivity contribution in [3.63, 3.8) is 0 Å². The minimum absolute atomic E-state index is 0.0443. The summed E-state index contributed by atoms with van der Waals surface area (Å²) in [6.07, 6.45) is 1.57. The monoisotopic (exact) mass is 553 g/mol. The predicted octanol–water partition coefficient (Wildman–Crippen LogP) is 5.38. The number of anilines is 2. The van der Waals surface area contributed by atoms with E-state index in [1.54, 1.807) is 42.5 Å². The van der Waals surface area contributed by atoms with E-state index in [2.05, 4.69) is 6.58 Å². The zero-order valence-electron chi connectivity index (χ0n) is 21.1. The van der Waals surface area contributed by atoms with E-state index in [-0.39, 0.29) is 34.0 Å². The first kappa shape index (κ1) is 24.2. The van der Waals surface area contributed by atoms with E-state index < -0.39 is 28.6 Å². The van der Waals surface area contributed by atoms with Crippen molar-refractivity contribution in [2.24, 2.45) is 0 Å². The molecule has 40 heavy (non-hydrogen) atoms. The summed E-state index contributed by atoms with van der Waals surface area (Å²) >= 11 is 1.19. The van der Waals surface area contributed by atoms with Crippen LogP contribution in [0.15, 0.2) is 82.5 Å². The Kier molecular flexibility index (Phi) is 5.20. The fourth-order valence-electron chi connectivity index (χ4n) is 5.69. The highest BCUT2D eigenvalue weighted by Gasteiger charge is 2.66. The summed E-state index contributed by atoms with van der Waals surface area (Å²) in [5.41, 5.74) is -1.14. The van der Waals surface area contributed by atoms with E-state index in [0.717, 1.165) is 16.8 Å². The molecule has 0 N–H and O–H groups in total. The van der Waals surface area contributed by atoms with Crippen molar-refractivity contribution < 1.29 is 23.1 Å². The molecule has 2 amide bonds. The van der Waals surface area contributed by atoms with E-state index in [1.165, 1.54) is 27.2 Å². The topological polar surface area (TPSA) is 93.0 Å². The highest BCUT2D eigenvalue weighted by Crippen LogP contribution is 2.54. The quantitative estimate of drug-likeness (QED) is 0.272. The molecule has 10 heteroatoms. The second-order valence-electron chi connectivity index (χ2n) is 9.41. The lowest BCUT2D eigenvalue weighted by atomic mass is 9.84. The van der Waals surface area contributed by atoms with Gasteiger partial charge in [-0.2, -0.15) is 0 Å². The van der Waals surface area contributed by atoms with Crippen LogP contribution in [0.25, 0.3) is 21.2 Å². The molecule has 4 heterocycles. The molecule has 7 rings (SSSR count). The Morgan fingerprint density at radius 3 is 2.75 bits per heavy atom. The van der Waals surface area contributed by atoms with Gasteiger partial charge < -0.3 is 14.1 Å². The number of ether oxygens (including phenoxy) is 1. The SMILES string of the molecule is C=CCN1C(=O)C2(c3ccccc31)c1c(oc3ccc(F)cc3c1=O)C(=O)N2c1nc2ccc(OCC)cc2s1. The molecule has 1 spiro atoms. The molecule has 8 nitrogen and oxygen atoms in total. The predicted molar refractivity (Wildman–Crippen MR) is 150 cm³/mol. The smallest absolute Gasteiger partial charge is 0.297 e. The van der Waals surface area contributed by atoms with E-state index in [9.17, 15) is 18.8 Å². The van der Waals surface area contributed by atoms with Crippen LogP contribution in [0.3, 0.4) is 0 Å². The molecule has 0 saturated carbocycles. The van der Waals surface area contributed by atoms with Crippen molar-refractivity contribution in [2.45, 2.75) is 12.5 Å². The summed E-state index contributed by atoms with van der Waals surface area (Å²) in [6.45, 7) is 6.28. The van der Waals surface area contributed by atoms with Crippen LogP contribution >= 0.6 is 11.3 Å². The van der Waals surface area contributed by atoms with Gasteiger partial charge in [0.15, 0.2) is 16.1 Å². The fraction of sp³-hybridized carbons (Fsp3) is 0.133. The summed E-state index contributed by atoms with van der Waals surface area (Å²) in [7, 11) is 0. The van der Waals surface area contributed by atoms with E-state index in [1.807, 2.05) is 13.0 Å². The first-order chi connectivity index (χ1) is 19.4. The first-order valence-electron chi connectivity index (χ1n) is 12.6. The molecule has 0 saturated heterocycles. The van der Waals surface area contributed by atoms with Crippen LogP contribution in [0.4, 0.5) is 15.2 Å². The molecule has 2 aliphatic heterocycles. The average molecular weight is 554 g/mol. The van der Waals surface area contributed by atoms with Gasteiger partial charge in [0, 0.05) is 12.1 Å². The number of carbonyl (C=O) groups is 2. The minimum atomic E-state index is -1.91. The number of thiazole rings is 1. The van der Waals surface area contributed by atoms with Crippen molar-refractivity contribution in [3.05, 3.63) is 106 Å². The molecular weight excluding hydrogens is 533 g/mol. The molecule has 2 aliphatic rings. The van der Waals surface area contributed by atoms with Gasteiger partial charge in [-0.25, -0.2) is 9.37 Å². The van der Waals surface area contributed by atoms with Gasteiger partial charge in [-0.15, -0.1) is 6.58 Å². The lowest BCUT2D eigenvalue weighted by Gasteiger charge is -2.32. The standard InChI is InChI=1S/C30H20FN3O5S/c1-3-13-33-21-8-6-5-7-19(21)30(28(33)37)24-25(35)18-14-16(31)9-12-22(18)39-26(24)27(36)34(30)29-32-20-11-10-17(38-4-2)15-23(20)40-29/h3,5-12,14-15H,1,4,13H2,2H3. The van der Waals surface area contributed by atoms with Gasteiger partial charge in [0.2, 0.25) is 5.76 Å². The van der Waals surface area contributed by atoms with Crippen LogP contribution in [0.1, 0.15) is 28.6 Å². The van der Waals surface area contributed by atoms with Gasteiger partial charge in [-0.05, 0) is 49.4 Å². The highest BCUT2D eigenvalue weighted by atomic mass is 32.1. The number of halogens is 1. The average Bonchev–Trinajstić information content (AvgIpc) is 3.55. The zero-order valence-corrected chi connectivity index (χ0v) is 22.0. The number of rotatable bonds is 5. The summed E-state index contributed by atoms with van der Waals surface area (Å²) in [6, 6.07) is 15.8. The molecule has 0 radical (unpaired) electrons. The Hall–Kier alpha value is -4.83. The van der Waals surface area contributed by atoms with Gasteiger partial charge in [0.25, 0.3) is 11.8 Å². The molecule has 198 valence electrons. The third kappa shape index (κ3) is 3.05. The maximum atomic E-state index is 14.6. The van der Waals surface area contributed by atoms with Gasteiger partial charge in [0.05, 0.1) is 33.5 Å². The number of benzene rings is 3. The summed E-state index contributed by atoms with van der Waals surface area (Å²) in [5.74, 6) is -1.50. The molecule has 1 atom stereocenters. The number of para-hydroxylation sites is 1. The van der Waals surface area contributed by atoms with Crippen molar-refractivity contribution in [1.29, 1.82) is 0 Å². The normalized spacial score (nSPS) is 17.8. The maximum Gasteiger partial charge on any atom is 0.297 e. The summed E-state index contributed by atoms with van der Waals surface area (Å²) in [5, 5.41) is 0.143. The van der Waals surface area contributed by atoms with Gasteiger partial charge >= 0.3 is 0 Å². The molecule has 0 bridgehead atoms. The lowest BCUT2D eigenvalue weighted by Crippen LogP contribution is -2.53. The van der Waals surface area contributed by atoms with Gasteiger partial charge in [-0.3, -0.25) is 19.3 Å². The molecule has 5 aromatic rings. The van der Waals surface area contributed by atoms with Crippen LogP contribution in [-0.2, 0) is 10.3 Å². The number of hydrogen-bond acceptors (Lipinski definition) is 7. The molecule has 2 aromatic heterocycles. The molecule has 0 fully saturated rings. The van der Waals surface area contributed by atoms with E-state index in [4.69, 9.17) is 14.1 Å². The molecular formula is C30H20FN3O5S. The van der Waals surface area contributed by atoms with Gasteiger partial charge in [0.1, 0.15) is 17.1 Å². The van der Waals surface area contributed by atoms with E-state index >= 15 is 0 Å². The van der Waals surface area contributed by atoms with Crippen LogP contribution in [-0.4, -0.2) is 29.9 Å². The van der Waals surface area contributed by atoms with E-state index in [0.29, 0.717) is 29.1 Å². The second kappa shape index (κ2) is 8.59. The van der Waals surface area contributed by atoms with Crippen LogP contribution in [0.5, 0.6) is 5.75 Å². The third-order valence-electron chi connectivity index (χ3n) is 7.25. The number of nitrogens with zero attached hydrogens (tertiary/aromatic N) is 3. The van der Waals surface area contributed by atoms with Crippen molar-refractivity contribution in [1.82, 2.24) is 4.98 Å². The number of fused-ring (bicyclic) bond motifs is 6. The number of aromatic nitrogens is 1. The number of carbonyl (C=O) groups excluding carboxylic acids is 2. The fourth-order valence-corrected chi connectivity index (χ4v) is 6.74. The van der Waals surface area contributed by atoms with Crippen molar-refractivity contribution in [2.75, 3.05) is 23.0 Å². The molecule has 1 unspecified atom stereocenters. The van der Waals surface area contributed by atoms with Crippen molar-refractivity contribution in [3.8, 4) is 5.75 Å². The molecule has 3 aromatic carbocycles. The number of hydrogen-bond donors (Lipinski definition) is 0. The minimum Gasteiger partial charge on any atom is -0.494 e. The Labute approximate surface area is 230 Å². The third-order valence-corrected chi connectivity index (χ3v) is 8.25. The number of amides is 2. The second-order valence-corrected chi connectivity index (χ2v) is 10.4. The largest absolute Gasteiger partial charge is 0.494 e. The Bertz CT molecular complexity index is 1980. The summed E-state index contributed by atoms with van der Waals surface area (Å²) in [4.78, 5) is 50.4. The highest BCUT2D eigenvalue weighted by molar-refractivity contribution is 7.22. The molecule has 0 aliphatic carbocycles. The van der Waals surface area contributed by atoms with Crippen molar-refractivity contribution >= 4 is 55.2 Å². The maximum absolute atomic E-state index is 14.6. The Morgan fingerprint density at radius 2 is 1.95 bits per heavy atom. The zero-order chi connectivity index (χ0) is 27.8. The van der Waals surface area contributed by atoms with Crippen LogP contribution < -0.4 is 20.0 Å².